The molecule has 2 heterocycles. The normalized spacial score (nSPS) is 11.1. The zero-order valence-corrected chi connectivity index (χ0v) is 14.9. The molecule has 0 unspecified atom stereocenters. The fraction of sp³-hybridized carbons (Fsp3) is 0.0625. The average molecular weight is 379 g/mol. The number of halogens is 2. The minimum absolute atomic E-state index is 0.262. The summed E-state index contributed by atoms with van der Waals surface area (Å²) in [5.74, 6) is -0.262. The zero-order valence-electron chi connectivity index (χ0n) is 12.5. The van der Waals surface area contributed by atoms with Crippen LogP contribution in [0.5, 0.6) is 0 Å². The van der Waals surface area contributed by atoms with Gasteiger partial charge in [-0.15, -0.1) is 11.3 Å². The van der Waals surface area contributed by atoms with E-state index in [1.165, 1.54) is 17.4 Å². The molecular formula is C16H12Cl2N4OS. The number of benzene rings is 1. The van der Waals surface area contributed by atoms with Crippen LogP contribution >= 0.6 is 34.5 Å². The Morgan fingerprint density at radius 1 is 1.38 bits per heavy atom. The number of aromatic nitrogens is 3. The van der Waals surface area contributed by atoms with Crippen molar-refractivity contribution in [2.45, 2.75) is 0 Å². The van der Waals surface area contributed by atoms with E-state index in [1.807, 2.05) is 18.6 Å². The molecule has 5 nitrogen and oxygen atoms in total. The van der Waals surface area contributed by atoms with Crippen molar-refractivity contribution in [1.82, 2.24) is 14.8 Å². The molecule has 0 atom stereocenters. The van der Waals surface area contributed by atoms with Gasteiger partial charge in [-0.3, -0.25) is 14.8 Å². The SMILES string of the molecule is Cn1cc(/C=C\C(=O)Nc2nc(-c3ccc(Cl)cc3Cl)cs2)cn1. The molecule has 0 saturated carbocycles. The summed E-state index contributed by atoms with van der Waals surface area (Å²) in [6.07, 6.45) is 6.61. The highest BCUT2D eigenvalue weighted by Gasteiger charge is 2.10. The Morgan fingerprint density at radius 2 is 2.21 bits per heavy atom. The smallest absolute Gasteiger partial charge is 0.250 e. The summed E-state index contributed by atoms with van der Waals surface area (Å²) in [5.41, 5.74) is 2.30. The van der Waals surface area contributed by atoms with Gasteiger partial charge in [-0.05, 0) is 24.3 Å². The van der Waals surface area contributed by atoms with Crippen LogP contribution in [-0.4, -0.2) is 20.7 Å². The Morgan fingerprint density at radius 3 is 2.92 bits per heavy atom. The van der Waals surface area contributed by atoms with Crippen LogP contribution in [0.1, 0.15) is 5.56 Å². The third-order valence-corrected chi connectivity index (χ3v) is 4.40. The van der Waals surface area contributed by atoms with E-state index < -0.39 is 0 Å². The second kappa shape index (κ2) is 7.17. The number of aryl methyl sites for hydroxylation is 1. The number of amides is 1. The Bertz CT molecular complexity index is 916. The van der Waals surface area contributed by atoms with Gasteiger partial charge in [0.1, 0.15) is 0 Å². The van der Waals surface area contributed by atoms with E-state index in [9.17, 15) is 4.79 Å². The van der Waals surface area contributed by atoms with Crippen molar-refractivity contribution in [1.29, 1.82) is 0 Å². The zero-order chi connectivity index (χ0) is 17.1. The molecule has 0 saturated heterocycles. The quantitative estimate of drug-likeness (QED) is 0.679. The lowest BCUT2D eigenvalue weighted by Crippen LogP contribution is -2.07. The van der Waals surface area contributed by atoms with Gasteiger partial charge in [-0.1, -0.05) is 23.2 Å². The minimum Gasteiger partial charge on any atom is -0.298 e. The van der Waals surface area contributed by atoms with Crippen LogP contribution in [0.4, 0.5) is 5.13 Å². The second-order valence-corrected chi connectivity index (χ2v) is 6.63. The van der Waals surface area contributed by atoms with E-state index in [0.717, 1.165) is 11.1 Å². The molecule has 0 aliphatic rings. The van der Waals surface area contributed by atoms with Gasteiger partial charge < -0.3 is 0 Å². The number of nitrogens with zero attached hydrogens (tertiary/aromatic N) is 3. The van der Waals surface area contributed by atoms with Crippen LogP contribution in [0.2, 0.25) is 10.0 Å². The highest BCUT2D eigenvalue weighted by Crippen LogP contribution is 2.32. The highest BCUT2D eigenvalue weighted by atomic mass is 35.5. The molecule has 8 heteroatoms. The first-order valence-corrected chi connectivity index (χ1v) is 8.53. The summed E-state index contributed by atoms with van der Waals surface area (Å²) in [7, 11) is 1.82. The van der Waals surface area contributed by atoms with Crippen LogP contribution in [0.15, 0.2) is 42.0 Å². The molecule has 1 N–H and O–H groups in total. The number of rotatable bonds is 4. The molecule has 0 fully saturated rings. The topological polar surface area (TPSA) is 59.8 Å². The Kier molecular flexibility index (Phi) is 4.99. The van der Waals surface area contributed by atoms with Gasteiger partial charge in [0.25, 0.3) is 0 Å². The van der Waals surface area contributed by atoms with Crippen molar-refractivity contribution >= 4 is 51.7 Å². The lowest BCUT2D eigenvalue weighted by molar-refractivity contribution is -0.111. The van der Waals surface area contributed by atoms with Gasteiger partial charge in [-0.25, -0.2) is 4.98 Å². The molecule has 1 aromatic carbocycles. The van der Waals surface area contributed by atoms with Gasteiger partial charge in [-0.2, -0.15) is 5.10 Å². The summed E-state index contributed by atoms with van der Waals surface area (Å²) in [6, 6.07) is 5.21. The lowest BCUT2D eigenvalue weighted by Gasteiger charge is -2.01. The van der Waals surface area contributed by atoms with Gasteiger partial charge in [0.15, 0.2) is 5.13 Å². The van der Waals surface area contributed by atoms with Crippen LogP contribution in [0, 0.1) is 0 Å². The highest BCUT2D eigenvalue weighted by molar-refractivity contribution is 7.14. The van der Waals surface area contributed by atoms with E-state index in [1.54, 1.807) is 35.2 Å². The van der Waals surface area contributed by atoms with Crippen molar-refractivity contribution < 1.29 is 4.79 Å². The lowest BCUT2D eigenvalue weighted by atomic mass is 10.2. The van der Waals surface area contributed by atoms with Crippen molar-refractivity contribution in [2.24, 2.45) is 7.05 Å². The number of hydrogen-bond donors (Lipinski definition) is 1. The molecule has 1 amide bonds. The Balaban J connectivity index is 1.69. The van der Waals surface area contributed by atoms with E-state index in [-0.39, 0.29) is 5.91 Å². The largest absolute Gasteiger partial charge is 0.298 e. The van der Waals surface area contributed by atoms with Crippen molar-refractivity contribution in [3.05, 3.63) is 57.7 Å². The van der Waals surface area contributed by atoms with Crippen molar-refractivity contribution in [3.8, 4) is 11.3 Å². The predicted octanol–water partition coefficient (Wildman–Crippen LogP) is 4.50. The fourth-order valence-electron chi connectivity index (χ4n) is 2.00. The number of nitrogens with one attached hydrogen (secondary N) is 1. The Labute approximate surface area is 152 Å². The summed E-state index contributed by atoms with van der Waals surface area (Å²) < 4.78 is 1.67. The Hall–Kier alpha value is -2.15. The monoisotopic (exact) mass is 378 g/mol. The van der Waals surface area contributed by atoms with Crippen LogP contribution < -0.4 is 5.32 Å². The fourth-order valence-corrected chi connectivity index (χ4v) is 3.22. The third-order valence-electron chi connectivity index (χ3n) is 3.09. The maximum atomic E-state index is 11.9. The molecule has 3 aromatic rings. The maximum absolute atomic E-state index is 11.9. The number of anilines is 1. The molecule has 122 valence electrons. The summed E-state index contributed by atoms with van der Waals surface area (Å²) in [5, 5.41) is 10.2. The average Bonchev–Trinajstić information content (AvgIpc) is 3.14. The molecule has 0 bridgehead atoms. The van der Waals surface area contributed by atoms with Gasteiger partial charge in [0, 0.05) is 40.9 Å². The van der Waals surface area contributed by atoms with E-state index in [4.69, 9.17) is 23.2 Å². The van der Waals surface area contributed by atoms with Crippen molar-refractivity contribution in [2.75, 3.05) is 5.32 Å². The minimum atomic E-state index is -0.262. The number of carbonyl (C=O) groups is 1. The standard InChI is InChI=1S/C16H12Cl2N4OS/c1-22-8-10(7-19-22)2-5-15(23)21-16-20-14(9-24-16)12-4-3-11(17)6-13(12)18/h2-9H,1H3,(H,20,21,23)/b5-2-. The number of carbonyl (C=O) groups excluding carboxylic acids is 1. The molecular weight excluding hydrogens is 367 g/mol. The molecule has 0 spiro atoms. The number of thiazole rings is 1. The predicted molar refractivity (Wildman–Crippen MR) is 98.4 cm³/mol. The first kappa shape index (κ1) is 16.7. The van der Waals surface area contributed by atoms with E-state index in [2.05, 4.69) is 15.4 Å². The molecule has 3 rings (SSSR count). The summed E-state index contributed by atoms with van der Waals surface area (Å²) >= 11 is 13.4. The molecule has 2 aromatic heterocycles. The number of hydrogen-bond acceptors (Lipinski definition) is 4. The van der Waals surface area contributed by atoms with Crippen LogP contribution in [0.25, 0.3) is 17.3 Å². The summed E-state index contributed by atoms with van der Waals surface area (Å²) in [4.78, 5) is 16.3. The van der Waals surface area contributed by atoms with Gasteiger partial charge >= 0.3 is 0 Å². The first-order valence-electron chi connectivity index (χ1n) is 6.90. The second-order valence-electron chi connectivity index (χ2n) is 4.93. The van der Waals surface area contributed by atoms with Crippen LogP contribution in [-0.2, 0) is 11.8 Å². The first-order chi connectivity index (χ1) is 11.5. The van der Waals surface area contributed by atoms with Crippen LogP contribution in [0.3, 0.4) is 0 Å². The van der Waals surface area contributed by atoms with E-state index in [0.29, 0.717) is 20.9 Å². The van der Waals surface area contributed by atoms with Crippen molar-refractivity contribution in [3.63, 3.8) is 0 Å². The molecule has 0 radical (unpaired) electrons. The summed E-state index contributed by atoms with van der Waals surface area (Å²) in [6.45, 7) is 0. The molecule has 24 heavy (non-hydrogen) atoms. The van der Waals surface area contributed by atoms with Gasteiger partial charge in [0.05, 0.1) is 16.9 Å². The third kappa shape index (κ3) is 4.03. The molecule has 0 aliphatic carbocycles. The molecule has 0 aliphatic heterocycles. The van der Waals surface area contributed by atoms with Gasteiger partial charge in [0.2, 0.25) is 5.91 Å². The van der Waals surface area contributed by atoms with E-state index >= 15 is 0 Å². The maximum Gasteiger partial charge on any atom is 0.250 e.